The fraction of sp³-hybridized carbons (Fsp3) is 0.211. The van der Waals surface area contributed by atoms with Crippen molar-refractivity contribution in [2.24, 2.45) is 5.73 Å². The van der Waals surface area contributed by atoms with Gasteiger partial charge in [0.2, 0.25) is 5.91 Å². The van der Waals surface area contributed by atoms with Gasteiger partial charge in [-0.2, -0.15) is 0 Å². The second-order valence-electron chi connectivity index (χ2n) is 5.91. The normalized spacial score (nSPS) is 11.5. The first kappa shape index (κ1) is 19.1. The van der Waals surface area contributed by atoms with Crippen molar-refractivity contribution in [3.05, 3.63) is 65.2 Å². The van der Waals surface area contributed by atoms with Crippen molar-refractivity contribution in [1.29, 1.82) is 0 Å². The van der Waals surface area contributed by atoms with Crippen LogP contribution < -0.4 is 16.4 Å². The van der Waals surface area contributed by atoms with Gasteiger partial charge in [-0.15, -0.1) is 0 Å². The first-order valence-corrected chi connectivity index (χ1v) is 8.08. The molecule has 5 N–H and O–H groups in total. The molecule has 2 rings (SSSR count). The standard InChI is InChI=1S/C19H21N3O4/c1-12-6-8-13(9-7-12)11-21-18(25)14-4-2-3-5-16(14)22-19(26)15(20)10-17(23)24/h2-9,15H,10-11,20H2,1H3,(H,21,25)(H,22,26)(H,23,24)/t15-/m0/s1. The van der Waals surface area contributed by atoms with Crippen molar-refractivity contribution < 1.29 is 19.5 Å². The van der Waals surface area contributed by atoms with E-state index in [9.17, 15) is 14.4 Å². The summed E-state index contributed by atoms with van der Waals surface area (Å²) in [5.74, 6) is -2.18. The fourth-order valence-electron chi connectivity index (χ4n) is 2.28. The molecule has 0 radical (unpaired) electrons. The van der Waals surface area contributed by atoms with E-state index in [-0.39, 0.29) is 17.2 Å². The zero-order valence-electron chi connectivity index (χ0n) is 14.4. The second kappa shape index (κ2) is 8.77. The van der Waals surface area contributed by atoms with Gasteiger partial charge in [-0.1, -0.05) is 42.0 Å². The summed E-state index contributed by atoms with van der Waals surface area (Å²) in [6.45, 7) is 2.33. The third kappa shape index (κ3) is 5.42. The number of carboxylic acid groups (broad SMARTS) is 1. The Kier molecular flexibility index (Phi) is 6.46. The summed E-state index contributed by atoms with van der Waals surface area (Å²) >= 11 is 0. The van der Waals surface area contributed by atoms with Crippen molar-refractivity contribution in [1.82, 2.24) is 5.32 Å². The fourth-order valence-corrected chi connectivity index (χ4v) is 2.28. The maximum atomic E-state index is 12.4. The number of nitrogens with one attached hydrogen (secondary N) is 2. The van der Waals surface area contributed by atoms with Crippen LogP contribution in [0.2, 0.25) is 0 Å². The summed E-state index contributed by atoms with van der Waals surface area (Å²) in [6, 6.07) is 13.0. The van der Waals surface area contributed by atoms with Gasteiger partial charge in [0.15, 0.2) is 0 Å². The average molecular weight is 355 g/mol. The minimum absolute atomic E-state index is 0.274. The molecule has 0 heterocycles. The molecular formula is C19H21N3O4. The van der Waals surface area contributed by atoms with Crippen LogP contribution >= 0.6 is 0 Å². The molecular weight excluding hydrogens is 334 g/mol. The summed E-state index contributed by atoms with van der Waals surface area (Å²) < 4.78 is 0. The van der Waals surface area contributed by atoms with E-state index in [2.05, 4.69) is 10.6 Å². The number of rotatable bonds is 7. The first-order valence-electron chi connectivity index (χ1n) is 8.08. The Balaban J connectivity index is 2.05. The van der Waals surface area contributed by atoms with Crippen LogP contribution in [0.4, 0.5) is 5.69 Å². The van der Waals surface area contributed by atoms with E-state index < -0.39 is 24.3 Å². The molecule has 0 bridgehead atoms. The molecule has 0 spiro atoms. The van der Waals surface area contributed by atoms with E-state index >= 15 is 0 Å². The molecule has 0 aliphatic carbocycles. The lowest BCUT2D eigenvalue weighted by Crippen LogP contribution is -2.38. The van der Waals surface area contributed by atoms with Crippen molar-refractivity contribution in [3.63, 3.8) is 0 Å². The highest BCUT2D eigenvalue weighted by Gasteiger charge is 2.19. The number of anilines is 1. The number of para-hydroxylation sites is 1. The van der Waals surface area contributed by atoms with Crippen LogP contribution in [-0.4, -0.2) is 28.9 Å². The van der Waals surface area contributed by atoms with E-state index in [4.69, 9.17) is 10.8 Å². The largest absolute Gasteiger partial charge is 0.481 e. The molecule has 2 amide bonds. The number of hydrogen-bond acceptors (Lipinski definition) is 4. The van der Waals surface area contributed by atoms with Gasteiger partial charge < -0.3 is 21.5 Å². The highest BCUT2D eigenvalue weighted by molar-refractivity contribution is 6.05. The Morgan fingerprint density at radius 2 is 1.73 bits per heavy atom. The quantitative estimate of drug-likeness (QED) is 0.602. The number of carbonyl (C=O) groups is 3. The van der Waals surface area contributed by atoms with Crippen LogP contribution in [0.25, 0.3) is 0 Å². The Labute approximate surface area is 151 Å². The number of amides is 2. The highest BCUT2D eigenvalue weighted by atomic mass is 16.4. The van der Waals surface area contributed by atoms with Crippen molar-refractivity contribution in [2.75, 3.05) is 5.32 Å². The monoisotopic (exact) mass is 355 g/mol. The topological polar surface area (TPSA) is 122 Å². The molecule has 7 heteroatoms. The predicted octanol–water partition coefficient (Wildman–Crippen LogP) is 1.67. The van der Waals surface area contributed by atoms with Crippen LogP contribution in [0.1, 0.15) is 27.9 Å². The number of aryl methyl sites for hydroxylation is 1. The molecule has 1 atom stereocenters. The molecule has 136 valence electrons. The maximum Gasteiger partial charge on any atom is 0.305 e. The number of aliphatic carboxylic acids is 1. The number of carboxylic acids is 1. The van der Waals surface area contributed by atoms with Crippen LogP contribution in [0, 0.1) is 6.92 Å². The minimum Gasteiger partial charge on any atom is -0.481 e. The summed E-state index contributed by atoms with van der Waals surface area (Å²) in [5.41, 5.74) is 8.18. The van der Waals surface area contributed by atoms with Gasteiger partial charge in [-0.25, -0.2) is 0 Å². The molecule has 2 aromatic rings. The average Bonchev–Trinajstić information content (AvgIpc) is 2.61. The van der Waals surface area contributed by atoms with Gasteiger partial charge in [0.05, 0.1) is 23.7 Å². The lowest BCUT2D eigenvalue weighted by molar-refractivity contribution is -0.138. The summed E-state index contributed by atoms with van der Waals surface area (Å²) in [4.78, 5) is 35.1. The molecule has 7 nitrogen and oxygen atoms in total. The van der Waals surface area contributed by atoms with Gasteiger partial charge in [0, 0.05) is 6.54 Å². The van der Waals surface area contributed by atoms with Gasteiger partial charge in [-0.05, 0) is 24.6 Å². The molecule has 0 fully saturated rings. The molecule has 0 saturated carbocycles. The van der Waals surface area contributed by atoms with Crippen LogP contribution in [0.3, 0.4) is 0 Å². The maximum absolute atomic E-state index is 12.4. The molecule has 0 aliphatic heterocycles. The van der Waals surface area contributed by atoms with Crippen molar-refractivity contribution in [3.8, 4) is 0 Å². The lowest BCUT2D eigenvalue weighted by Gasteiger charge is -2.14. The molecule has 0 aliphatic rings. The summed E-state index contributed by atoms with van der Waals surface area (Å²) in [7, 11) is 0. The zero-order valence-corrected chi connectivity index (χ0v) is 14.4. The predicted molar refractivity (Wildman–Crippen MR) is 97.6 cm³/mol. The summed E-state index contributed by atoms with van der Waals surface area (Å²) in [6.07, 6.45) is -0.492. The van der Waals surface area contributed by atoms with Crippen LogP contribution in [0.5, 0.6) is 0 Å². The van der Waals surface area contributed by atoms with Gasteiger partial charge in [-0.3, -0.25) is 14.4 Å². The number of nitrogens with two attached hydrogens (primary N) is 1. The minimum atomic E-state index is -1.20. The van der Waals surface area contributed by atoms with E-state index in [0.29, 0.717) is 6.54 Å². The van der Waals surface area contributed by atoms with Gasteiger partial charge >= 0.3 is 5.97 Å². The SMILES string of the molecule is Cc1ccc(CNC(=O)c2ccccc2NC(=O)[C@@H](N)CC(=O)O)cc1. The molecule has 0 aromatic heterocycles. The smallest absolute Gasteiger partial charge is 0.305 e. The third-order valence-corrected chi connectivity index (χ3v) is 3.73. The molecule has 2 aromatic carbocycles. The number of carbonyl (C=O) groups excluding carboxylic acids is 2. The molecule has 0 unspecified atom stereocenters. The van der Waals surface area contributed by atoms with E-state index in [0.717, 1.165) is 11.1 Å². The van der Waals surface area contributed by atoms with Gasteiger partial charge in [0.25, 0.3) is 5.91 Å². The summed E-state index contributed by atoms with van der Waals surface area (Å²) in [5, 5.41) is 14.0. The van der Waals surface area contributed by atoms with Gasteiger partial charge in [0.1, 0.15) is 0 Å². The Bertz CT molecular complexity index is 803. The number of benzene rings is 2. The van der Waals surface area contributed by atoms with Crippen LogP contribution in [-0.2, 0) is 16.1 Å². The Hall–Kier alpha value is -3.19. The number of hydrogen-bond donors (Lipinski definition) is 4. The second-order valence-corrected chi connectivity index (χ2v) is 5.91. The molecule has 26 heavy (non-hydrogen) atoms. The third-order valence-electron chi connectivity index (χ3n) is 3.73. The van der Waals surface area contributed by atoms with E-state index in [1.54, 1.807) is 24.3 Å². The van der Waals surface area contributed by atoms with E-state index in [1.165, 1.54) is 0 Å². The van der Waals surface area contributed by atoms with Crippen molar-refractivity contribution >= 4 is 23.5 Å². The Morgan fingerprint density at radius 1 is 1.08 bits per heavy atom. The molecule has 0 saturated heterocycles. The lowest BCUT2D eigenvalue weighted by atomic mass is 10.1. The highest BCUT2D eigenvalue weighted by Crippen LogP contribution is 2.16. The van der Waals surface area contributed by atoms with Crippen molar-refractivity contribution in [2.45, 2.75) is 25.9 Å². The zero-order chi connectivity index (χ0) is 19.1. The Morgan fingerprint density at radius 3 is 2.38 bits per heavy atom. The first-order chi connectivity index (χ1) is 12.4. The van der Waals surface area contributed by atoms with E-state index in [1.807, 2.05) is 31.2 Å². The van der Waals surface area contributed by atoms with Crippen LogP contribution in [0.15, 0.2) is 48.5 Å².